The second-order valence-electron chi connectivity index (χ2n) is 4.84. The number of aryl methyl sites for hydroxylation is 1. The van der Waals surface area contributed by atoms with E-state index < -0.39 is 0 Å². The van der Waals surface area contributed by atoms with Crippen LogP contribution in [0.3, 0.4) is 0 Å². The molecule has 0 unspecified atom stereocenters. The Labute approximate surface area is 124 Å². The number of rotatable bonds is 6. The lowest BCUT2D eigenvalue weighted by Crippen LogP contribution is -2.36. The van der Waals surface area contributed by atoms with Crippen LogP contribution in [-0.2, 0) is 6.42 Å². The molecule has 1 saturated heterocycles. The van der Waals surface area contributed by atoms with E-state index in [1.165, 1.54) is 24.6 Å². The van der Waals surface area contributed by atoms with Crippen LogP contribution in [0.2, 0.25) is 0 Å². The lowest BCUT2D eigenvalue weighted by atomic mass is 10.3. The number of hydrogen-bond acceptors (Lipinski definition) is 7. The van der Waals surface area contributed by atoms with Crippen molar-refractivity contribution in [2.45, 2.75) is 20.3 Å². The number of hydrogen-bond donors (Lipinski definition) is 3. The van der Waals surface area contributed by atoms with E-state index in [1.54, 1.807) is 0 Å². The molecule has 1 aliphatic rings. The Kier molecular flexibility index (Phi) is 5.87. The summed E-state index contributed by atoms with van der Waals surface area (Å²) in [6.07, 6.45) is 0.799. The fourth-order valence-corrected chi connectivity index (χ4v) is 3.17. The minimum Gasteiger partial charge on any atom is -0.368 e. The molecule has 7 heteroatoms. The highest BCUT2D eigenvalue weighted by Gasteiger charge is 2.12. The molecule has 1 aromatic heterocycles. The van der Waals surface area contributed by atoms with Crippen molar-refractivity contribution in [1.29, 1.82) is 0 Å². The summed E-state index contributed by atoms with van der Waals surface area (Å²) < 4.78 is 0. The molecule has 0 radical (unpaired) electrons. The number of thioether (sulfide) groups is 1. The van der Waals surface area contributed by atoms with E-state index in [1.807, 2.05) is 25.6 Å². The second-order valence-corrected chi connectivity index (χ2v) is 6.07. The predicted molar refractivity (Wildman–Crippen MR) is 86.2 cm³/mol. The highest BCUT2D eigenvalue weighted by molar-refractivity contribution is 7.99. The summed E-state index contributed by atoms with van der Waals surface area (Å²) in [5.74, 6) is 10.4. The molecule has 1 aromatic rings. The molecule has 2 rings (SSSR count). The Bertz CT molecular complexity index is 433. The molecule has 1 fully saturated rings. The van der Waals surface area contributed by atoms with Crippen molar-refractivity contribution in [2.24, 2.45) is 5.84 Å². The molecule has 20 heavy (non-hydrogen) atoms. The van der Waals surface area contributed by atoms with Crippen LogP contribution in [0, 0.1) is 6.92 Å². The zero-order chi connectivity index (χ0) is 14.4. The molecule has 0 spiro atoms. The van der Waals surface area contributed by atoms with Crippen LogP contribution >= 0.6 is 11.8 Å². The van der Waals surface area contributed by atoms with Crippen molar-refractivity contribution in [3.8, 4) is 0 Å². The van der Waals surface area contributed by atoms with Gasteiger partial charge in [0.2, 0.25) is 0 Å². The smallest absolute Gasteiger partial charge is 0.148 e. The lowest BCUT2D eigenvalue weighted by molar-refractivity contribution is 0.314. The highest BCUT2D eigenvalue weighted by Crippen LogP contribution is 2.19. The number of nitrogens with two attached hydrogens (primary N) is 1. The molecule has 0 aliphatic carbocycles. The average Bonchev–Trinajstić information content (AvgIpc) is 2.50. The first kappa shape index (κ1) is 15.3. The van der Waals surface area contributed by atoms with Crippen molar-refractivity contribution in [3.05, 3.63) is 11.4 Å². The van der Waals surface area contributed by atoms with Crippen molar-refractivity contribution in [1.82, 2.24) is 14.9 Å². The van der Waals surface area contributed by atoms with Gasteiger partial charge in [0.05, 0.1) is 0 Å². The number of aromatic nitrogens is 2. The maximum atomic E-state index is 5.51. The summed E-state index contributed by atoms with van der Waals surface area (Å²) in [5.41, 5.74) is 3.62. The lowest BCUT2D eigenvalue weighted by Gasteiger charge is -2.26. The van der Waals surface area contributed by atoms with Gasteiger partial charge in [-0.2, -0.15) is 11.8 Å². The SMILES string of the molecule is CCc1nc(NN)c(C)c(NCCN2CCSCC2)n1. The fraction of sp³-hybridized carbons (Fsp3) is 0.692. The number of nitrogens with zero attached hydrogens (tertiary/aromatic N) is 3. The molecule has 4 N–H and O–H groups in total. The van der Waals surface area contributed by atoms with E-state index in [0.717, 1.165) is 36.7 Å². The summed E-state index contributed by atoms with van der Waals surface area (Å²) in [5, 5.41) is 3.41. The normalized spacial score (nSPS) is 16.1. The van der Waals surface area contributed by atoms with Gasteiger partial charge >= 0.3 is 0 Å². The van der Waals surface area contributed by atoms with E-state index >= 15 is 0 Å². The monoisotopic (exact) mass is 296 g/mol. The summed E-state index contributed by atoms with van der Waals surface area (Å²) >= 11 is 2.04. The summed E-state index contributed by atoms with van der Waals surface area (Å²) in [6, 6.07) is 0. The molecule has 6 nitrogen and oxygen atoms in total. The van der Waals surface area contributed by atoms with E-state index in [2.05, 4.69) is 25.6 Å². The van der Waals surface area contributed by atoms with Crippen LogP contribution in [0.5, 0.6) is 0 Å². The zero-order valence-corrected chi connectivity index (χ0v) is 13.1. The van der Waals surface area contributed by atoms with E-state index in [9.17, 15) is 0 Å². The molecule has 2 heterocycles. The van der Waals surface area contributed by atoms with Gasteiger partial charge in [-0.15, -0.1) is 0 Å². The van der Waals surface area contributed by atoms with Crippen LogP contribution < -0.4 is 16.6 Å². The molecule has 0 amide bonds. The van der Waals surface area contributed by atoms with Gasteiger partial charge in [0.25, 0.3) is 0 Å². The van der Waals surface area contributed by atoms with Gasteiger partial charge in [0.15, 0.2) is 0 Å². The minimum atomic E-state index is 0.703. The molecule has 0 atom stereocenters. The molecule has 0 saturated carbocycles. The van der Waals surface area contributed by atoms with Crippen molar-refractivity contribution in [2.75, 3.05) is 48.4 Å². The standard InChI is InChI=1S/C13H24N6S/c1-3-11-16-12(10(2)13(17-11)18-14)15-4-5-19-6-8-20-9-7-19/h3-9,14H2,1-2H3,(H2,15,16,17,18). The largest absolute Gasteiger partial charge is 0.368 e. The van der Waals surface area contributed by atoms with E-state index in [0.29, 0.717) is 5.82 Å². The Hall–Kier alpha value is -1.05. The van der Waals surface area contributed by atoms with Gasteiger partial charge in [-0.3, -0.25) is 4.90 Å². The number of hydrazine groups is 1. The Morgan fingerprint density at radius 2 is 1.95 bits per heavy atom. The van der Waals surface area contributed by atoms with Gasteiger partial charge in [0, 0.05) is 49.7 Å². The first-order valence-corrected chi connectivity index (χ1v) is 8.28. The Morgan fingerprint density at radius 1 is 1.25 bits per heavy atom. The molecule has 1 aliphatic heterocycles. The van der Waals surface area contributed by atoms with Gasteiger partial charge in [-0.25, -0.2) is 15.8 Å². The number of anilines is 2. The summed E-state index contributed by atoms with van der Waals surface area (Å²) in [4.78, 5) is 11.4. The first-order chi connectivity index (χ1) is 9.74. The van der Waals surface area contributed by atoms with Crippen LogP contribution in [0.1, 0.15) is 18.3 Å². The van der Waals surface area contributed by atoms with Crippen LogP contribution in [0.15, 0.2) is 0 Å². The number of nitrogen functional groups attached to an aromatic ring is 1. The van der Waals surface area contributed by atoms with Crippen LogP contribution in [0.25, 0.3) is 0 Å². The Morgan fingerprint density at radius 3 is 2.60 bits per heavy atom. The highest BCUT2D eigenvalue weighted by atomic mass is 32.2. The molecule has 112 valence electrons. The van der Waals surface area contributed by atoms with Gasteiger partial charge in [0.1, 0.15) is 17.5 Å². The summed E-state index contributed by atoms with van der Waals surface area (Å²) in [6.45, 7) is 8.34. The Balaban J connectivity index is 1.94. The quantitative estimate of drug-likeness (QED) is 0.536. The van der Waals surface area contributed by atoms with E-state index in [4.69, 9.17) is 5.84 Å². The van der Waals surface area contributed by atoms with E-state index in [-0.39, 0.29) is 0 Å². The number of nitrogens with one attached hydrogen (secondary N) is 2. The third-order valence-corrected chi connectivity index (χ3v) is 4.41. The maximum Gasteiger partial charge on any atom is 0.148 e. The van der Waals surface area contributed by atoms with Gasteiger partial charge < -0.3 is 10.7 Å². The first-order valence-electron chi connectivity index (χ1n) is 7.12. The van der Waals surface area contributed by atoms with Crippen LogP contribution in [0.4, 0.5) is 11.6 Å². The van der Waals surface area contributed by atoms with Crippen molar-refractivity contribution in [3.63, 3.8) is 0 Å². The molecular formula is C13H24N6S. The average molecular weight is 296 g/mol. The molecular weight excluding hydrogens is 272 g/mol. The molecule has 0 aromatic carbocycles. The van der Waals surface area contributed by atoms with Crippen LogP contribution in [-0.4, -0.2) is 52.6 Å². The van der Waals surface area contributed by atoms with Crippen molar-refractivity contribution >= 4 is 23.4 Å². The maximum absolute atomic E-state index is 5.51. The molecule has 0 bridgehead atoms. The topological polar surface area (TPSA) is 79.1 Å². The third-order valence-electron chi connectivity index (χ3n) is 3.47. The third kappa shape index (κ3) is 3.97. The van der Waals surface area contributed by atoms with Gasteiger partial charge in [-0.05, 0) is 6.92 Å². The minimum absolute atomic E-state index is 0.703. The van der Waals surface area contributed by atoms with Gasteiger partial charge in [-0.1, -0.05) is 6.92 Å². The second kappa shape index (κ2) is 7.66. The van der Waals surface area contributed by atoms with Crippen molar-refractivity contribution < 1.29 is 0 Å². The zero-order valence-electron chi connectivity index (χ0n) is 12.3. The summed E-state index contributed by atoms with van der Waals surface area (Å²) in [7, 11) is 0. The fourth-order valence-electron chi connectivity index (χ4n) is 2.19. The predicted octanol–water partition coefficient (Wildman–Crippen LogP) is 1.09.